The first-order valence-corrected chi connectivity index (χ1v) is 9.50. The lowest BCUT2D eigenvalue weighted by Crippen LogP contribution is -2.33. The van der Waals surface area contributed by atoms with E-state index in [-0.39, 0.29) is 17.1 Å². The topological polar surface area (TPSA) is 54.2 Å². The van der Waals surface area contributed by atoms with Crippen molar-refractivity contribution in [2.24, 2.45) is 0 Å². The summed E-state index contributed by atoms with van der Waals surface area (Å²) in [5.74, 6) is -0.956. The molecule has 11 heteroatoms. The summed E-state index contributed by atoms with van der Waals surface area (Å²) in [7, 11) is 1.93. The van der Waals surface area contributed by atoms with Gasteiger partial charge in [-0.2, -0.15) is 26.3 Å². The average Bonchev–Trinajstić information content (AvgIpc) is 3.09. The minimum Gasteiger partial charge on any atom is -0.507 e. The minimum absolute atomic E-state index is 0.0442. The molecule has 0 spiro atoms. The number of aromatic hydroxyl groups is 1. The maximum absolute atomic E-state index is 14.0. The SMILES string of the molecule is CN1CCC[C@@H](n2ccc3c(C(F)(F)F)c(-c4ccc(C(F)(F)F)cc4O)nnc32)C1. The second-order valence-electron chi connectivity index (χ2n) is 7.67. The van der Waals surface area contributed by atoms with E-state index in [0.717, 1.165) is 25.5 Å². The van der Waals surface area contributed by atoms with Crippen molar-refractivity contribution in [3.8, 4) is 17.0 Å². The van der Waals surface area contributed by atoms with Crippen LogP contribution in [0.5, 0.6) is 5.75 Å². The molecular formula is C20H18F6N4O. The molecule has 3 aromatic rings. The Morgan fingerprint density at radius 3 is 2.39 bits per heavy atom. The Morgan fingerprint density at radius 2 is 1.77 bits per heavy atom. The van der Waals surface area contributed by atoms with Crippen molar-refractivity contribution >= 4 is 11.0 Å². The first kappa shape index (κ1) is 21.4. The number of piperidine rings is 1. The summed E-state index contributed by atoms with van der Waals surface area (Å²) in [6.45, 7) is 1.54. The van der Waals surface area contributed by atoms with Crippen molar-refractivity contribution in [3.05, 3.63) is 41.6 Å². The molecule has 1 N–H and O–H groups in total. The van der Waals surface area contributed by atoms with Gasteiger partial charge in [0.25, 0.3) is 0 Å². The van der Waals surface area contributed by atoms with E-state index in [1.54, 1.807) is 4.57 Å². The van der Waals surface area contributed by atoms with Crippen LogP contribution in [0.25, 0.3) is 22.3 Å². The summed E-state index contributed by atoms with van der Waals surface area (Å²) in [6.07, 6.45) is -6.43. The normalized spacial score (nSPS) is 18.6. The van der Waals surface area contributed by atoms with Crippen LogP contribution in [0.2, 0.25) is 0 Å². The molecule has 0 amide bonds. The molecule has 1 saturated heterocycles. The molecule has 1 aliphatic heterocycles. The molecule has 0 radical (unpaired) electrons. The fourth-order valence-electron chi connectivity index (χ4n) is 4.06. The Balaban J connectivity index is 1.88. The molecule has 166 valence electrons. The Bertz CT molecular complexity index is 1120. The molecule has 2 aromatic heterocycles. The van der Waals surface area contributed by atoms with Crippen LogP contribution in [0.3, 0.4) is 0 Å². The number of hydrogen-bond donors (Lipinski definition) is 1. The first-order chi connectivity index (χ1) is 14.5. The lowest BCUT2D eigenvalue weighted by molar-refractivity contribution is -0.138. The summed E-state index contributed by atoms with van der Waals surface area (Å²) in [5.41, 5.74) is -3.47. The highest BCUT2D eigenvalue weighted by Crippen LogP contribution is 2.44. The molecule has 4 rings (SSSR count). The van der Waals surface area contributed by atoms with Crippen molar-refractivity contribution in [1.82, 2.24) is 19.7 Å². The van der Waals surface area contributed by atoms with Crippen LogP contribution >= 0.6 is 0 Å². The molecule has 0 bridgehead atoms. The van der Waals surface area contributed by atoms with Crippen LogP contribution in [0.1, 0.15) is 30.0 Å². The first-order valence-electron chi connectivity index (χ1n) is 9.50. The Kier molecular flexibility index (Phi) is 5.11. The van der Waals surface area contributed by atoms with Crippen molar-refractivity contribution in [1.29, 1.82) is 0 Å². The van der Waals surface area contributed by atoms with E-state index in [1.807, 2.05) is 7.05 Å². The van der Waals surface area contributed by atoms with E-state index in [9.17, 15) is 31.4 Å². The number of halogens is 6. The molecule has 1 aliphatic rings. The molecular weight excluding hydrogens is 426 g/mol. The lowest BCUT2D eigenvalue weighted by Gasteiger charge is -2.30. The number of phenolic OH excluding ortho intramolecular Hbond substituents is 1. The number of fused-ring (bicyclic) bond motifs is 1. The molecule has 0 saturated carbocycles. The van der Waals surface area contributed by atoms with Gasteiger partial charge in [-0.3, -0.25) is 0 Å². The maximum atomic E-state index is 14.0. The van der Waals surface area contributed by atoms with Gasteiger partial charge < -0.3 is 14.6 Å². The number of likely N-dealkylation sites (tertiary alicyclic amines) is 1. The van der Waals surface area contributed by atoms with Gasteiger partial charge in [-0.25, -0.2) is 0 Å². The van der Waals surface area contributed by atoms with Crippen molar-refractivity contribution < 1.29 is 31.4 Å². The predicted octanol–water partition coefficient (Wildman–Crippen LogP) is 5.11. The molecule has 1 fully saturated rings. The van der Waals surface area contributed by atoms with Gasteiger partial charge in [0.05, 0.1) is 11.1 Å². The number of alkyl halides is 6. The van der Waals surface area contributed by atoms with Gasteiger partial charge >= 0.3 is 12.4 Å². The monoisotopic (exact) mass is 444 g/mol. The van der Waals surface area contributed by atoms with Gasteiger partial charge in [-0.15, -0.1) is 10.2 Å². The summed E-state index contributed by atoms with van der Waals surface area (Å²) >= 11 is 0. The van der Waals surface area contributed by atoms with Gasteiger partial charge in [0.15, 0.2) is 5.65 Å². The molecule has 1 aromatic carbocycles. The number of likely N-dealkylation sites (N-methyl/N-ethyl adjacent to an activating group) is 1. The zero-order valence-electron chi connectivity index (χ0n) is 16.3. The summed E-state index contributed by atoms with van der Waals surface area (Å²) in [6, 6.07) is 2.97. The quantitative estimate of drug-likeness (QED) is 0.559. The van der Waals surface area contributed by atoms with E-state index in [1.165, 1.54) is 12.3 Å². The number of phenols is 1. The zero-order valence-corrected chi connectivity index (χ0v) is 16.3. The summed E-state index contributed by atoms with van der Waals surface area (Å²) in [4.78, 5) is 2.08. The number of rotatable bonds is 2. The van der Waals surface area contributed by atoms with E-state index < -0.39 is 40.5 Å². The van der Waals surface area contributed by atoms with Gasteiger partial charge in [-0.1, -0.05) is 0 Å². The van der Waals surface area contributed by atoms with E-state index in [2.05, 4.69) is 15.1 Å². The third kappa shape index (κ3) is 3.93. The second-order valence-corrected chi connectivity index (χ2v) is 7.67. The van der Waals surface area contributed by atoms with Crippen molar-refractivity contribution in [2.75, 3.05) is 20.1 Å². The highest BCUT2D eigenvalue weighted by atomic mass is 19.4. The summed E-state index contributed by atoms with van der Waals surface area (Å²) in [5, 5.41) is 17.5. The van der Waals surface area contributed by atoms with Crippen LogP contribution in [0.15, 0.2) is 30.5 Å². The van der Waals surface area contributed by atoms with E-state index in [4.69, 9.17) is 0 Å². The maximum Gasteiger partial charge on any atom is 0.419 e. The number of nitrogens with zero attached hydrogens (tertiary/aromatic N) is 4. The third-order valence-electron chi connectivity index (χ3n) is 5.49. The van der Waals surface area contributed by atoms with Crippen LogP contribution in [0.4, 0.5) is 26.3 Å². The fraction of sp³-hybridized carbons (Fsp3) is 0.400. The lowest BCUT2D eigenvalue weighted by atomic mass is 10.0. The average molecular weight is 444 g/mol. The van der Waals surface area contributed by atoms with Crippen molar-refractivity contribution in [2.45, 2.75) is 31.2 Å². The number of benzene rings is 1. The zero-order chi connectivity index (χ0) is 22.6. The molecule has 0 unspecified atom stereocenters. The Labute approximate surface area is 172 Å². The fourth-order valence-corrected chi connectivity index (χ4v) is 4.06. The molecule has 5 nitrogen and oxygen atoms in total. The van der Waals surface area contributed by atoms with Crippen LogP contribution in [-0.2, 0) is 12.4 Å². The number of hydrogen-bond acceptors (Lipinski definition) is 4. The Morgan fingerprint density at radius 1 is 1.03 bits per heavy atom. The standard InChI is InChI=1S/C20H18F6N4O/c1-29-7-2-3-12(10-29)30-8-6-14-16(20(24,25)26)17(27-28-18(14)30)13-5-4-11(9-15(13)31)19(21,22)23/h4-6,8-9,12,31H,2-3,7,10H2,1H3/t12-/m1/s1. The molecule has 31 heavy (non-hydrogen) atoms. The van der Waals surface area contributed by atoms with E-state index >= 15 is 0 Å². The number of aromatic nitrogens is 3. The molecule has 0 aliphatic carbocycles. The summed E-state index contributed by atoms with van der Waals surface area (Å²) < 4.78 is 82.3. The van der Waals surface area contributed by atoms with Gasteiger partial charge in [0.2, 0.25) is 0 Å². The van der Waals surface area contributed by atoms with Gasteiger partial charge in [-0.05, 0) is 50.7 Å². The van der Waals surface area contributed by atoms with Crippen molar-refractivity contribution in [3.63, 3.8) is 0 Å². The van der Waals surface area contributed by atoms with Gasteiger partial charge in [0.1, 0.15) is 11.4 Å². The van der Waals surface area contributed by atoms with Crippen LogP contribution < -0.4 is 0 Å². The van der Waals surface area contributed by atoms with Gasteiger partial charge in [0, 0.05) is 29.7 Å². The highest BCUT2D eigenvalue weighted by molar-refractivity contribution is 5.87. The van der Waals surface area contributed by atoms with E-state index in [0.29, 0.717) is 18.7 Å². The second kappa shape index (κ2) is 7.40. The third-order valence-corrected chi connectivity index (χ3v) is 5.49. The smallest absolute Gasteiger partial charge is 0.419 e. The largest absolute Gasteiger partial charge is 0.507 e. The van der Waals surface area contributed by atoms with Crippen LogP contribution in [-0.4, -0.2) is 44.9 Å². The highest BCUT2D eigenvalue weighted by Gasteiger charge is 2.39. The minimum atomic E-state index is -4.87. The molecule has 1 atom stereocenters. The predicted molar refractivity (Wildman–Crippen MR) is 100 cm³/mol. The molecule has 3 heterocycles. The van der Waals surface area contributed by atoms with Crippen LogP contribution in [0, 0.1) is 0 Å². The Hall–Kier alpha value is -2.82.